The lowest BCUT2D eigenvalue weighted by Gasteiger charge is -2.08. The van der Waals surface area contributed by atoms with Gasteiger partial charge in [0, 0.05) is 57.1 Å². The number of benzene rings is 2. The summed E-state index contributed by atoms with van der Waals surface area (Å²) in [4.78, 5) is 8.51. The van der Waals surface area contributed by atoms with Crippen LogP contribution >= 0.6 is 0 Å². The van der Waals surface area contributed by atoms with E-state index >= 15 is 0 Å². The third-order valence-electron chi connectivity index (χ3n) is 3.14. The van der Waals surface area contributed by atoms with Crippen LogP contribution < -0.4 is 0 Å². The summed E-state index contributed by atoms with van der Waals surface area (Å²) >= 11 is 0. The zero-order chi connectivity index (χ0) is 10.5. The molecule has 2 heterocycles. The van der Waals surface area contributed by atoms with Gasteiger partial charge in [0.1, 0.15) is 0 Å². The van der Waals surface area contributed by atoms with Crippen LogP contribution in [0.1, 0.15) is 0 Å². The molecule has 0 unspecified atom stereocenters. The lowest BCUT2D eigenvalue weighted by Crippen LogP contribution is -1.85. The summed E-state index contributed by atoms with van der Waals surface area (Å²) in [6.45, 7) is 0. The summed E-state index contributed by atoms with van der Waals surface area (Å²) in [5.74, 6) is 0. The Kier molecular flexibility index (Phi) is 1.33. The molecule has 0 amide bonds. The molecule has 0 N–H and O–H groups in total. The molecule has 74 valence electrons. The standard InChI is InChI=1S/C14H8N2/c1-2-10-6-16-8-12-4-3-11-7-15-5-9(1)13(11)14(10)12/h1-8H. The molecule has 0 saturated carbocycles. The van der Waals surface area contributed by atoms with Crippen LogP contribution in [0.5, 0.6) is 0 Å². The van der Waals surface area contributed by atoms with E-state index in [9.17, 15) is 0 Å². The second kappa shape index (κ2) is 2.67. The van der Waals surface area contributed by atoms with Crippen molar-refractivity contribution in [3.63, 3.8) is 0 Å². The highest BCUT2D eigenvalue weighted by atomic mass is 14.6. The fourth-order valence-corrected chi connectivity index (χ4v) is 2.43. The molecule has 2 aromatic carbocycles. The molecule has 0 atom stereocenters. The predicted molar refractivity (Wildman–Crippen MR) is 65.7 cm³/mol. The zero-order valence-corrected chi connectivity index (χ0v) is 8.51. The predicted octanol–water partition coefficient (Wildman–Crippen LogP) is 3.37. The van der Waals surface area contributed by atoms with Crippen LogP contribution in [-0.4, -0.2) is 9.97 Å². The Hall–Kier alpha value is -2.22. The molecule has 0 spiro atoms. The van der Waals surface area contributed by atoms with Gasteiger partial charge in [0.05, 0.1) is 0 Å². The average molecular weight is 204 g/mol. The Morgan fingerprint density at radius 1 is 0.500 bits per heavy atom. The Balaban J connectivity index is 2.51. The largest absolute Gasteiger partial charge is 0.263 e. The zero-order valence-electron chi connectivity index (χ0n) is 8.51. The smallest absolute Gasteiger partial charge is 0.0347 e. The van der Waals surface area contributed by atoms with E-state index in [2.05, 4.69) is 34.2 Å². The Labute approximate surface area is 91.9 Å². The van der Waals surface area contributed by atoms with Gasteiger partial charge < -0.3 is 0 Å². The molecular weight excluding hydrogens is 196 g/mol. The minimum atomic E-state index is 1.20. The van der Waals surface area contributed by atoms with E-state index in [-0.39, 0.29) is 0 Å². The van der Waals surface area contributed by atoms with Crippen LogP contribution in [0.4, 0.5) is 0 Å². The molecule has 0 saturated heterocycles. The van der Waals surface area contributed by atoms with E-state index in [0.717, 1.165) is 0 Å². The maximum atomic E-state index is 4.25. The molecule has 4 rings (SSSR count). The summed E-state index contributed by atoms with van der Waals surface area (Å²) in [5, 5.41) is 7.38. The van der Waals surface area contributed by atoms with Crippen LogP contribution in [0.15, 0.2) is 49.1 Å². The molecule has 0 aliphatic rings. The van der Waals surface area contributed by atoms with E-state index < -0.39 is 0 Å². The van der Waals surface area contributed by atoms with Gasteiger partial charge in [-0.2, -0.15) is 0 Å². The van der Waals surface area contributed by atoms with E-state index in [1.165, 1.54) is 32.3 Å². The fourth-order valence-electron chi connectivity index (χ4n) is 2.43. The first-order valence-corrected chi connectivity index (χ1v) is 5.26. The van der Waals surface area contributed by atoms with Gasteiger partial charge >= 0.3 is 0 Å². The number of rotatable bonds is 0. The topological polar surface area (TPSA) is 25.8 Å². The van der Waals surface area contributed by atoms with Gasteiger partial charge in [0.15, 0.2) is 0 Å². The highest BCUT2D eigenvalue weighted by Gasteiger charge is 2.07. The van der Waals surface area contributed by atoms with Gasteiger partial charge in [-0.1, -0.05) is 24.3 Å². The maximum Gasteiger partial charge on any atom is 0.0347 e. The Bertz CT molecular complexity index is 675. The van der Waals surface area contributed by atoms with Gasteiger partial charge in [0.25, 0.3) is 0 Å². The van der Waals surface area contributed by atoms with E-state index in [1.807, 2.05) is 24.8 Å². The molecule has 0 aliphatic carbocycles. The van der Waals surface area contributed by atoms with Gasteiger partial charge in [-0.25, -0.2) is 0 Å². The number of hydrogen-bond acceptors (Lipinski definition) is 2. The second-order valence-corrected chi connectivity index (χ2v) is 4.05. The van der Waals surface area contributed by atoms with Crippen molar-refractivity contribution in [2.75, 3.05) is 0 Å². The maximum absolute atomic E-state index is 4.25. The summed E-state index contributed by atoms with van der Waals surface area (Å²) in [6, 6.07) is 8.44. The van der Waals surface area contributed by atoms with Gasteiger partial charge in [0.2, 0.25) is 0 Å². The number of pyridine rings is 2. The third-order valence-corrected chi connectivity index (χ3v) is 3.14. The number of nitrogens with zero attached hydrogens (tertiary/aromatic N) is 2. The lowest BCUT2D eigenvalue weighted by molar-refractivity contribution is 1.37. The lowest BCUT2D eigenvalue weighted by atomic mass is 9.98. The SMILES string of the molecule is c1cc2cncc3ccc4cncc1c4c23. The first kappa shape index (κ1) is 7.99. The fraction of sp³-hybridized carbons (Fsp3) is 0. The number of aromatic nitrogens is 2. The molecule has 0 fully saturated rings. The highest BCUT2D eigenvalue weighted by molar-refractivity contribution is 6.22. The van der Waals surface area contributed by atoms with Crippen molar-refractivity contribution in [3.05, 3.63) is 49.1 Å². The van der Waals surface area contributed by atoms with Crippen LogP contribution in [0.2, 0.25) is 0 Å². The van der Waals surface area contributed by atoms with Gasteiger partial charge in [-0.3, -0.25) is 9.97 Å². The Morgan fingerprint density at radius 3 is 1.12 bits per heavy atom. The van der Waals surface area contributed by atoms with Crippen LogP contribution in [0, 0.1) is 0 Å². The summed E-state index contributed by atoms with van der Waals surface area (Å²) < 4.78 is 0. The van der Waals surface area contributed by atoms with Crippen LogP contribution in [0.25, 0.3) is 32.3 Å². The minimum absolute atomic E-state index is 1.20. The van der Waals surface area contributed by atoms with Crippen molar-refractivity contribution < 1.29 is 0 Å². The van der Waals surface area contributed by atoms with Crippen molar-refractivity contribution in [2.24, 2.45) is 0 Å². The van der Waals surface area contributed by atoms with Crippen molar-refractivity contribution in [1.29, 1.82) is 0 Å². The molecule has 2 aromatic heterocycles. The molecule has 4 aromatic rings. The molecule has 16 heavy (non-hydrogen) atoms. The van der Waals surface area contributed by atoms with E-state index in [1.54, 1.807) is 0 Å². The minimum Gasteiger partial charge on any atom is -0.263 e. The van der Waals surface area contributed by atoms with Crippen molar-refractivity contribution >= 4 is 32.3 Å². The molecule has 0 bridgehead atoms. The van der Waals surface area contributed by atoms with Crippen LogP contribution in [-0.2, 0) is 0 Å². The Morgan fingerprint density at radius 2 is 0.812 bits per heavy atom. The monoisotopic (exact) mass is 204 g/mol. The molecule has 2 nitrogen and oxygen atoms in total. The molecule has 0 radical (unpaired) electrons. The number of hydrogen-bond donors (Lipinski definition) is 0. The van der Waals surface area contributed by atoms with Gasteiger partial charge in [-0.15, -0.1) is 0 Å². The van der Waals surface area contributed by atoms with Crippen molar-refractivity contribution in [1.82, 2.24) is 9.97 Å². The van der Waals surface area contributed by atoms with Gasteiger partial charge in [-0.05, 0) is 0 Å². The van der Waals surface area contributed by atoms with Crippen molar-refractivity contribution in [3.8, 4) is 0 Å². The van der Waals surface area contributed by atoms with E-state index in [4.69, 9.17) is 0 Å². The highest BCUT2D eigenvalue weighted by Crippen LogP contribution is 2.32. The summed E-state index contributed by atoms with van der Waals surface area (Å²) in [6.07, 6.45) is 7.67. The second-order valence-electron chi connectivity index (χ2n) is 4.05. The summed E-state index contributed by atoms with van der Waals surface area (Å²) in [5.41, 5.74) is 0. The molecule has 2 heteroatoms. The first-order chi connectivity index (χ1) is 7.93. The van der Waals surface area contributed by atoms with E-state index in [0.29, 0.717) is 0 Å². The first-order valence-electron chi connectivity index (χ1n) is 5.26. The molecular formula is C14H8N2. The quantitative estimate of drug-likeness (QED) is 0.410. The normalized spacial score (nSPS) is 11.8. The van der Waals surface area contributed by atoms with Crippen molar-refractivity contribution in [2.45, 2.75) is 0 Å². The summed E-state index contributed by atoms with van der Waals surface area (Å²) in [7, 11) is 0. The molecule has 0 aliphatic heterocycles. The third kappa shape index (κ3) is 0.865. The average Bonchev–Trinajstić information content (AvgIpc) is 2.36. The van der Waals surface area contributed by atoms with Crippen LogP contribution in [0.3, 0.4) is 0 Å².